The zero-order valence-corrected chi connectivity index (χ0v) is 13.3. The first-order chi connectivity index (χ1) is 9.56. The molecule has 1 aromatic carbocycles. The summed E-state index contributed by atoms with van der Waals surface area (Å²) in [6.07, 6.45) is 0.892. The van der Waals surface area contributed by atoms with Crippen molar-refractivity contribution in [3.8, 4) is 11.4 Å². The predicted octanol–water partition coefficient (Wildman–Crippen LogP) is 4.75. The lowest BCUT2D eigenvalue weighted by molar-refractivity contribution is 0.989. The van der Waals surface area contributed by atoms with Gasteiger partial charge in [0.05, 0.1) is 5.02 Å². The van der Waals surface area contributed by atoms with Crippen LogP contribution < -0.4 is 5.32 Å². The molecule has 0 saturated heterocycles. The highest BCUT2D eigenvalue weighted by molar-refractivity contribution is 6.36. The number of aryl methyl sites for hydroxylation is 1. The lowest BCUT2D eigenvalue weighted by Crippen LogP contribution is -2.08. The van der Waals surface area contributed by atoms with Gasteiger partial charge < -0.3 is 5.32 Å². The Hall–Kier alpha value is -1.32. The Kier molecular flexibility index (Phi) is 4.84. The number of hydrogen-bond donors (Lipinski definition) is 1. The van der Waals surface area contributed by atoms with Gasteiger partial charge in [-0.2, -0.15) is 0 Å². The zero-order valence-electron chi connectivity index (χ0n) is 11.8. The van der Waals surface area contributed by atoms with E-state index < -0.39 is 0 Å². The van der Waals surface area contributed by atoms with Crippen LogP contribution in [0.2, 0.25) is 10.0 Å². The molecule has 2 rings (SSSR count). The molecule has 0 amide bonds. The van der Waals surface area contributed by atoms with E-state index in [2.05, 4.69) is 22.2 Å². The van der Waals surface area contributed by atoms with E-state index in [4.69, 9.17) is 23.2 Å². The standard InChI is InChI=1S/C15H17Cl2N3/c1-4-11-9(3)19-15(20-14(11)18-5-2)12-7-6-10(16)8-13(12)17/h6-8H,4-5H2,1-3H3,(H,18,19,20). The molecule has 0 bridgehead atoms. The van der Waals surface area contributed by atoms with Gasteiger partial charge in [0, 0.05) is 28.4 Å². The first-order valence-electron chi connectivity index (χ1n) is 6.63. The first kappa shape index (κ1) is 15.1. The summed E-state index contributed by atoms with van der Waals surface area (Å²) in [6, 6.07) is 5.35. The van der Waals surface area contributed by atoms with E-state index in [0.29, 0.717) is 15.9 Å². The second kappa shape index (κ2) is 6.42. The van der Waals surface area contributed by atoms with Gasteiger partial charge in [-0.15, -0.1) is 0 Å². The number of aromatic nitrogens is 2. The Morgan fingerprint density at radius 3 is 2.50 bits per heavy atom. The van der Waals surface area contributed by atoms with E-state index in [1.165, 1.54) is 0 Å². The Morgan fingerprint density at radius 2 is 1.90 bits per heavy atom. The molecule has 0 radical (unpaired) electrons. The number of rotatable bonds is 4. The quantitative estimate of drug-likeness (QED) is 0.885. The van der Waals surface area contributed by atoms with Crippen LogP contribution in [0, 0.1) is 6.92 Å². The van der Waals surface area contributed by atoms with Crippen LogP contribution in [-0.4, -0.2) is 16.5 Å². The fraction of sp³-hybridized carbons (Fsp3) is 0.333. The third-order valence-electron chi connectivity index (χ3n) is 3.08. The molecule has 2 aromatic rings. The Balaban J connectivity index is 2.57. The lowest BCUT2D eigenvalue weighted by Gasteiger charge is -2.13. The average molecular weight is 310 g/mol. The van der Waals surface area contributed by atoms with Crippen LogP contribution in [0.5, 0.6) is 0 Å². The van der Waals surface area contributed by atoms with Crippen molar-refractivity contribution >= 4 is 29.0 Å². The fourth-order valence-electron chi connectivity index (χ4n) is 2.12. The number of nitrogens with one attached hydrogen (secondary N) is 1. The molecule has 0 fully saturated rings. The van der Waals surface area contributed by atoms with Crippen LogP contribution in [0.3, 0.4) is 0 Å². The van der Waals surface area contributed by atoms with Gasteiger partial charge in [0.25, 0.3) is 0 Å². The highest BCUT2D eigenvalue weighted by Crippen LogP contribution is 2.30. The third-order valence-corrected chi connectivity index (χ3v) is 3.63. The summed E-state index contributed by atoms with van der Waals surface area (Å²) >= 11 is 12.2. The van der Waals surface area contributed by atoms with Crippen molar-refractivity contribution in [3.05, 3.63) is 39.5 Å². The molecular formula is C15H17Cl2N3. The molecule has 0 spiro atoms. The van der Waals surface area contributed by atoms with Crippen LogP contribution >= 0.6 is 23.2 Å². The first-order valence-corrected chi connectivity index (χ1v) is 7.39. The van der Waals surface area contributed by atoms with Crippen molar-refractivity contribution in [3.63, 3.8) is 0 Å². The summed E-state index contributed by atoms with van der Waals surface area (Å²) < 4.78 is 0. The minimum Gasteiger partial charge on any atom is -0.370 e. The highest BCUT2D eigenvalue weighted by Gasteiger charge is 2.13. The molecule has 3 nitrogen and oxygen atoms in total. The number of hydrogen-bond acceptors (Lipinski definition) is 3. The van der Waals surface area contributed by atoms with Gasteiger partial charge in [-0.25, -0.2) is 9.97 Å². The maximum absolute atomic E-state index is 6.23. The molecular weight excluding hydrogens is 293 g/mol. The van der Waals surface area contributed by atoms with Gasteiger partial charge in [-0.1, -0.05) is 30.1 Å². The van der Waals surface area contributed by atoms with E-state index in [1.54, 1.807) is 12.1 Å². The number of halogens is 2. The van der Waals surface area contributed by atoms with Gasteiger partial charge in [-0.05, 0) is 38.5 Å². The minimum atomic E-state index is 0.559. The van der Waals surface area contributed by atoms with Gasteiger partial charge in [0.1, 0.15) is 5.82 Å². The summed E-state index contributed by atoms with van der Waals surface area (Å²) in [4.78, 5) is 9.17. The van der Waals surface area contributed by atoms with Crippen LogP contribution in [0.25, 0.3) is 11.4 Å². The number of benzene rings is 1. The third kappa shape index (κ3) is 3.05. The molecule has 1 aromatic heterocycles. The molecule has 0 atom stereocenters. The van der Waals surface area contributed by atoms with Crippen LogP contribution in [0.15, 0.2) is 18.2 Å². The Morgan fingerprint density at radius 1 is 1.15 bits per heavy atom. The molecule has 5 heteroatoms. The minimum absolute atomic E-state index is 0.559. The molecule has 1 N–H and O–H groups in total. The SMILES string of the molecule is CCNc1nc(-c2ccc(Cl)cc2Cl)nc(C)c1CC. The van der Waals surface area contributed by atoms with E-state index in [1.807, 2.05) is 19.9 Å². The van der Waals surface area contributed by atoms with E-state index in [-0.39, 0.29) is 0 Å². The van der Waals surface area contributed by atoms with Crippen molar-refractivity contribution in [1.29, 1.82) is 0 Å². The van der Waals surface area contributed by atoms with Crippen molar-refractivity contribution in [2.45, 2.75) is 27.2 Å². The van der Waals surface area contributed by atoms with Crippen LogP contribution in [-0.2, 0) is 6.42 Å². The molecule has 1 heterocycles. The summed E-state index contributed by atoms with van der Waals surface area (Å²) in [5.74, 6) is 1.50. The predicted molar refractivity (Wildman–Crippen MR) is 85.8 cm³/mol. The van der Waals surface area contributed by atoms with Gasteiger partial charge >= 0.3 is 0 Å². The van der Waals surface area contributed by atoms with E-state index in [9.17, 15) is 0 Å². The van der Waals surface area contributed by atoms with Crippen molar-refractivity contribution in [1.82, 2.24) is 9.97 Å². The monoisotopic (exact) mass is 309 g/mol. The molecule has 0 aliphatic rings. The highest BCUT2D eigenvalue weighted by atomic mass is 35.5. The van der Waals surface area contributed by atoms with Gasteiger partial charge in [0.2, 0.25) is 0 Å². The number of nitrogens with zero attached hydrogens (tertiary/aromatic N) is 2. The summed E-state index contributed by atoms with van der Waals surface area (Å²) in [6.45, 7) is 6.96. The molecule has 0 aliphatic heterocycles. The second-order valence-corrected chi connectivity index (χ2v) is 5.31. The van der Waals surface area contributed by atoms with Gasteiger partial charge in [0.15, 0.2) is 5.82 Å². The lowest BCUT2D eigenvalue weighted by atomic mass is 10.1. The molecule has 0 aliphatic carbocycles. The van der Waals surface area contributed by atoms with Crippen LogP contribution in [0.4, 0.5) is 5.82 Å². The van der Waals surface area contributed by atoms with Gasteiger partial charge in [-0.3, -0.25) is 0 Å². The van der Waals surface area contributed by atoms with Crippen LogP contribution in [0.1, 0.15) is 25.1 Å². The molecule has 0 saturated carbocycles. The number of anilines is 1. The second-order valence-electron chi connectivity index (χ2n) is 4.47. The van der Waals surface area contributed by atoms with Crippen molar-refractivity contribution in [2.24, 2.45) is 0 Å². The zero-order chi connectivity index (χ0) is 14.7. The van der Waals surface area contributed by atoms with Crippen molar-refractivity contribution < 1.29 is 0 Å². The fourth-order valence-corrected chi connectivity index (χ4v) is 2.62. The maximum Gasteiger partial charge on any atom is 0.163 e. The Labute approximate surface area is 129 Å². The normalized spacial score (nSPS) is 10.7. The van der Waals surface area contributed by atoms with Crippen molar-refractivity contribution in [2.75, 3.05) is 11.9 Å². The van der Waals surface area contributed by atoms with E-state index in [0.717, 1.165) is 35.6 Å². The summed E-state index contributed by atoms with van der Waals surface area (Å²) in [5.41, 5.74) is 2.90. The maximum atomic E-state index is 6.23. The largest absolute Gasteiger partial charge is 0.370 e. The molecule has 20 heavy (non-hydrogen) atoms. The summed E-state index contributed by atoms with van der Waals surface area (Å²) in [5, 5.41) is 4.45. The smallest absolute Gasteiger partial charge is 0.163 e. The molecule has 106 valence electrons. The molecule has 0 unspecified atom stereocenters. The van der Waals surface area contributed by atoms with E-state index >= 15 is 0 Å². The summed E-state index contributed by atoms with van der Waals surface area (Å²) in [7, 11) is 0. The topological polar surface area (TPSA) is 37.8 Å². The Bertz CT molecular complexity index is 627. The average Bonchev–Trinajstić information content (AvgIpc) is 2.38.